The van der Waals surface area contributed by atoms with Crippen LogP contribution in [0.3, 0.4) is 0 Å². The van der Waals surface area contributed by atoms with Gasteiger partial charge < -0.3 is 29.9 Å². The van der Waals surface area contributed by atoms with Gasteiger partial charge in [0.05, 0.1) is 6.10 Å². The Kier molecular flexibility index (Phi) is 5.21. The molecule has 162 valence electrons. The third-order valence-corrected chi connectivity index (χ3v) is 6.37. The van der Waals surface area contributed by atoms with Crippen molar-refractivity contribution in [2.24, 2.45) is 0 Å². The summed E-state index contributed by atoms with van der Waals surface area (Å²) >= 11 is 0. The summed E-state index contributed by atoms with van der Waals surface area (Å²) in [6.45, 7) is 1.45. The van der Waals surface area contributed by atoms with Crippen molar-refractivity contribution in [1.29, 1.82) is 0 Å². The Morgan fingerprint density at radius 3 is 2.21 bits per heavy atom. The van der Waals surface area contributed by atoms with Crippen molar-refractivity contribution in [2.75, 3.05) is 0 Å². The summed E-state index contributed by atoms with van der Waals surface area (Å²) < 4.78 is 52.6. The molecule has 1 heterocycles. The molecule has 2 aliphatic carbocycles. The third-order valence-electron chi connectivity index (χ3n) is 6.37. The smallest absolute Gasteiger partial charge is 0.420 e. The van der Waals surface area contributed by atoms with Crippen molar-refractivity contribution in [2.45, 2.75) is 88.2 Å². The first-order valence-corrected chi connectivity index (χ1v) is 9.95. The van der Waals surface area contributed by atoms with Gasteiger partial charge in [0.25, 0.3) is 0 Å². The van der Waals surface area contributed by atoms with E-state index in [0.717, 1.165) is 19.3 Å². The minimum atomic E-state index is -4.76. The maximum Gasteiger partial charge on any atom is 0.420 e. The quantitative estimate of drug-likeness (QED) is 0.589. The fourth-order valence-electron chi connectivity index (χ4n) is 4.98. The molecule has 1 aliphatic heterocycles. The summed E-state index contributed by atoms with van der Waals surface area (Å²) in [4.78, 5) is 0. The molecule has 29 heavy (non-hydrogen) atoms. The average molecular weight is 418 g/mol. The Hall–Kier alpha value is -1.55. The third kappa shape index (κ3) is 3.37. The fraction of sp³-hybridized carbons (Fsp3) is 0.700. The number of alkyl halides is 3. The number of aliphatic hydroxyl groups excluding tert-OH is 3. The van der Waals surface area contributed by atoms with E-state index in [0.29, 0.717) is 24.0 Å². The molecule has 6 atom stereocenters. The Morgan fingerprint density at radius 1 is 0.966 bits per heavy atom. The van der Waals surface area contributed by atoms with E-state index in [1.54, 1.807) is 0 Å². The number of aliphatic hydroxyl groups is 3. The van der Waals surface area contributed by atoms with Gasteiger partial charge in [0.1, 0.15) is 23.9 Å². The molecule has 3 aliphatic rings. The van der Waals surface area contributed by atoms with Crippen LogP contribution < -0.4 is 4.74 Å². The first-order valence-electron chi connectivity index (χ1n) is 9.95. The van der Waals surface area contributed by atoms with Crippen LogP contribution in [-0.2, 0) is 23.8 Å². The molecule has 1 unspecified atom stereocenters. The van der Waals surface area contributed by atoms with E-state index in [1.165, 1.54) is 6.92 Å². The molecule has 1 fully saturated rings. The molecule has 4 rings (SSSR count). The molecular weight excluding hydrogens is 393 g/mol. The molecule has 4 N–H and O–H groups in total. The molecule has 1 aromatic rings. The van der Waals surface area contributed by atoms with Gasteiger partial charge in [0.15, 0.2) is 11.5 Å². The molecule has 1 saturated heterocycles. The summed E-state index contributed by atoms with van der Waals surface area (Å²) in [7, 11) is 0. The maximum atomic E-state index is 13.9. The Balaban J connectivity index is 1.83. The molecule has 0 aromatic heterocycles. The number of hydrogen-bond donors (Lipinski definition) is 4. The predicted octanol–water partition coefficient (Wildman–Crippen LogP) is 2.37. The zero-order chi connectivity index (χ0) is 21.1. The van der Waals surface area contributed by atoms with Crippen molar-refractivity contribution >= 4 is 0 Å². The van der Waals surface area contributed by atoms with E-state index >= 15 is 0 Å². The highest BCUT2D eigenvalue weighted by atomic mass is 19.4. The number of benzene rings is 1. The van der Waals surface area contributed by atoms with Crippen molar-refractivity contribution < 1.29 is 43.1 Å². The zero-order valence-electron chi connectivity index (χ0n) is 15.9. The number of hydrogen-bond acceptors (Lipinski definition) is 6. The second-order valence-electron chi connectivity index (χ2n) is 8.20. The van der Waals surface area contributed by atoms with Crippen molar-refractivity contribution in [3.8, 4) is 11.5 Å². The van der Waals surface area contributed by atoms with Gasteiger partial charge in [-0.05, 0) is 62.5 Å². The van der Waals surface area contributed by atoms with Gasteiger partial charge >= 0.3 is 6.18 Å². The van der Waals surface area contributed by atoms with E-state index in [1.807, 2.05) is 0 Å². The number of phenols is 1. The first-order chi connectivity index (χ1) is 13.6. The topological polar surface area (TPSA) is 99.4 Å². The van der Waals surface area contributed by atoms with Crippen molar-refractivity contribution in [1.82, 2.24) is 0 Å². The lowest BCUT2D eigenvalue weighted by Gasteiger charge is -2.40. The van der Waals surface area contributed by atoms with Gasteiger partial charge in [0.2, 0.25) is 6.29 Å². The number of halogens is 3. The van der Waals surface area contributed by atoms with Gasteiger partial charge in [-0.3, -0.25) is 0 Å². The standard InChI is InChI=1S/C20H25F3O6/c1-8-14(24)16(26)17(27)19(28-8)29-18-11-7-3-5-9-4-2-6-10(12(9)11)13(15(18)25)20(21,22)23/h8-9,14,16-17,19,24-27H,2-7H2,1H3/t8-,9?,14+,16+,17-,19-/m0/s1. The van der Waals surface area contributed by atoms with Crippen LogP contribution >= 0.6 is 0 Å². The second kappa shape index (κ2) is 7.30. The van der Waals surface area contributed by atoms with E-state index in [2.05, 4.69) is 0 Å². The summed E-state index contributed by atoms with van der Waals surface area (Å²) in [6.07, 6.45) is -8.19. The molecule has 0 radical (unpaired) electrons. The van der Waals surface area contributed by atoms with Gasteiger partial charge in [0, 0.05) is 5.56 Å². The molecule has 0 bridgehead atoms. The van der Waals surface area contributed by atoms with Gasteiger partial charge in [-0.25, -0.2) is 0 Å². The normalized spacial score (nSPS) is 34.6. The van der Waals surface area contributed by atoms with Crippen LogP contribution in [0.5, 0.6) is 11.5 Å². The van der Waals surface area contributed by atoms with Crippen LogP contribution in [0.1, 0.15) is 60.8 Å². The van der Waals surface area contributed by atoms with Crippen molar-refractivity contribution in [3.63, 3.8) is 0 Å². The summed E-state index contributed by atoms with van der Waals surface area (Å²) in [5, 5.41) is 40.6. The predicted molar refractivity (Wildman–Crippen MR) is 94.7 cm³/mol. The second-order valence-corrected chi connectivity index (χ2v) is 8.20. The lowest BCUT2D eigenvalue weighted by Crippen LogP contribution is -2.58. The van der Waals surface area contributed by atoms with Gasteiger partial charge in [-0.2, -0.15) is 13.2 Å². The van der Waals surface area contributed by atoms with Crippen LogP contribution in [-0.4, -0.2) is 51.1 Å². The average Bonchev–Trinajstić information content (AvgIpc) is 2.66. The van der Waals surface area contributed by atoms with Crippen molar-refractivity contribution in [3.05, 3.63) is 22.3 Å². The maximum absolute atomic E-state index is 13.9. The minimum Gasteiger partial charge on any atom is -0.504 e. The van der Waals surface area contributed by atoms with E-state index < -0.39 is 48.2 Å². The zero-order valence-corrected chi connectivity index (χ0v) is 15.9. The molecule has 9 heteroatoms. The molecule has 0 spiro atoms. The van der Waals surface area contributed by atoms with E-state index in [9.17, 15) is 33.6 Å². The lowest BCUT2D eigenvalue weighted by molar-refractivity contribution is -0.268. The molecule has 0 saturated carbocycles. The van der Waals surface area contributed by atoms with Crippen LogP contribution in [0.2, 0.25) is 0 Å². The molecule has 6 nitrogen and oxygen atoms in total. The van der Waals surface area contributed by atoms with Crippen LogP contribution in [0.4, 0.5) is 13.2 Å². The highest BCUT2D eigenvalue weighted by Gasteiger charge is 2.47. The largest absolute Gasteiger partial charge is 0.504 e. The van der Waals surface area contributed by atoms with Gasteiger partial charge in [-0.15, -0.1) is 0 Å². The first kappa shape index (κ1) is 20.7. The highest BCUT2D eigenvalue weighted by Crippen LogP contribution is 2.54. The molecule has 1 aromatic carbocycles. The highest BCUT2D eigenvalue weighted by molar-refractivity contribution is 5.62. The number of phenolic OH excluding ortho intramolecular Hbond substituents is 1. The van der Waals surface area contributed by atoms with Gasteiger partial charge in [-0.1, -0.05) is 0 Å². The summed E-state index contributed by atoms with van der Waals surface area (Å²) in [5.41, 5.74) is 0.172. The number of ether oxygens (including phenoxy) is 2. The summed E-state index contributed by atoms with van der Waals surface area (Å²) in [5.74, 6) is -1.37. The SMILES string of the molecule is C[C@@H]1O[C@@H](Oc2c(O)c(C(F)(F)F)c3c4c2CCCC4CCC3)[C@@H](O)[C@H](O)[C@@H]1O. The Bertz CT molecular complexity index is 794. The Labute approximate surface area is 165 Å². The van der Waals surface area contributed by atoms with E-state index in [-0.39, 0.29) is 23.7 Å². The monoisotopic (exact) mass is 418 g/mol. The number of rotatable bonds is 2. The van der Waals surface area contributed by atoms with Crippen LogP contribution in [0, 0.1) is 0 Å². The molecule has 0 amide bonds. The lowest BCUT2D eigenvalue weighted by atomic mass is 9.71. The fourth-order valence-corrected chi connectivity index (χ4v) is 4.98. The van der Waals surface area contributed by atoms with E-state index in [4.69, 9.17) is 9.47 Å². The minimum absolute atomic E-state index is 0.0184. The molecular formula is C20H25F3O6. The summed E-state index contributed by atoms with van der Waals surface area (Å²) in [6, 6.07) is 0. The number of aromatic hydroxyl groups is 1. The van der Waals surface area contributed by atoms with Crippen LogP contribution in [0.15, 0.2) is 0 Å². The Morgan fingerprint density at radius 2 is 1.59 bits per heavy atom. The van der Waals surface area contributed by atoms with Crippen LogP contribution in [0.25, 0.3) is 0 Å².